The highest BCUT2D eigenvalue weighted by molar-refractivity contribution is 8.14. The molecule has 1 unspecified atom stereocenters. The van der Waals surface area contributed by atoms with E-state index in [9.17, 15) is 14.3 Å². The first-order chi connectivity index (χ1) is 17.5. The van der Waals surface area contributed by atoms with Crippen LogP contribution >= 0.6 is 11.8 Å². The number of nitrogens with zero attached hydrogens (tertiary/aromatic N) is 5. The molecule has 0 bridgehead atoms. The lowest BCUT2D eigenvalue weighted by molar-refractivity contribution is -0.115. The molecule has 1 N–H and O–H groups in total. The second-order valence-corrected chi connectivity index (χ2v) is 9.40. The fraction of sp³-hybridized carbons (Fsp3) is 0.111. The molecule has 1 amide bonds. The van der Waals surface area contributed by atoms with E-state index < -0.39 is 0 Å². The predicted octanol–water partition coefficient (Wildman–Crippen LogP) is 5.16. The van der Waals surface area contributed by atoms with Crippen molar-refractivity contribution in [1.29, 1.82) is 0 Å². The lowest BCUT2D eigenvalue weighted by Crippen LogP contribution is -2.24. The van der Waals surface area contributed by atoms with Crippen molar-refractivity contribution in [3.05, 3.63) is 102 Å². The van der Waals surface area contributed by atoms with Crippen molar-refractivity contribution in [3.63, 3.8) is 0 Å². The molecule has 0 radical (unpaired) electrons. The molecule has 3 aromatic carbocycles. The summed E-state index contributed by atoms with van der Waals surface area (Å²) >= 11 is 1.35. The summed E-state index contributed by atoms with van der Waals surface area (Å²) in [5.41, 5.74) is 4.76. The van der Waals surface area contributed by atoms with Crippen molar-refractivity contribution >= 4 is 28.5 Å². The van der Waals surface area contributed by atoms with E-state index >= 15 is 0 Å². The summed E-state index contributed by atoms with van der Waals surface area (Å²) in [7, 11) is 0. The zero-order chi connectivity index (χ0) is 24.6. The van der Waals surface area contributed by atoms with E-state index in [2.05, 4.69) is 4.99 Å². The smallest absolute Gasteiger partial charge is 0.258 e. The number of amides is 1. The number of rotatable bonds is 4. The fourth-order valence-corrected chi connectivity index (χ4v) is 5.16. The Morgan fingerprint density at radius 2 is 1.78 bits per heavy atom. The Labute approximate surface area is 210 Å². The maximum atomic E-state index is 13.7. The Kier molecular flexibility index (Phi) is 5.61. The van der Waals surface area contributed by atoms with E-state index in [0.29, 0.717) is 17.3 Å². The van der Waals surface area contributed by atoms with E-state index in [1.807, 2.05) is 42.6 Å². The molecule has 1 aromatic heterocycles. The van der Waals surface area contributed by atoms with Gasteiger partial charge in [-0.2, -0.15) is 15.2 Å². The largest absolute Gasteiger partial charge is 0.508 e. The lowest BCUT2D eigenvalue weighted by Gasteiger charge is -2.22. The molecular weight excluding hydrogens is 477 g/mol. The molecule has 0 fully saturated rings. The van der Waals surface area contributed by atoms with Crippen molar-refractivity contribution in [2.24, 2.45) is 10.1 Å². The number of amidine groups is 1. The van der Waals surface area contributed by atoms with Crippen LogP contribution in [-0.2, 0) is 4.79 Å². The molecule has 0 saturated carbocycles. The van der Waals surface area contributed by atoms with Gasteiger partial charge < -0.3 is 5.11 Å². The molecule has 0 aliphatic carbocycles. The molecule has 0 saturated heterocycles. The molecule has 7 nitrogen and oxygen atoms in total. The molecule has 178 valence electrons. The number of carbonyl (C=O) groups excluding carboxylic acids is 1. The Morgan fingerprint density at radius 1 is 0.972 bits per heavy atom. The van der Waals surface area contributed by atoms with Gasteiger partial charge in [0.05, 0.1) is 28.9 Å². The predicted molar refractivity (Wildman–Crippen MR) is 138 cm³/mol. The summed E-state index contributed by atoms with van der Waals surface area (Å²) in [6.07, 6.45) is 2.46. The van der Waals surface area contributed by atoms with Gasteiger partial charge in [-0.1, -0.05) is 42.1 Å². The van der Waals surface area contributed by atoms with Gasteiger partial charge in [0.2, 0.25) is 0 Å². The van der Waals surface area contributed by atoms with Crippen molar-refractivity contribution in [2.75, 3.05) is 5.75 Å². The summed E-state index contributed by atoms with van der Waals surface area (Å²) < 4.78 is 15.5. The highest BCUT2D eigenvalue weighted by Gasteiger charge is 2.37. The summed E-state index contributed by atoms with van der Waals surface area (Å²) in [4.78, 5) is 16.2. The van der Waals surface area contributed by atoms with Crippen LogP contribution in [0.25, 0.3) is 16.9 Å². The zero-order valence-electron chi connectivity index (χ0n) is 19.0. The number of benzene rings is 3. The normalized spacial score (nSPS) is 17.4. The van der Waals surface area contributed by atoms with Crippen LogP contribution in [0.4, 0.5) is 4.39 Å². The van der Waals surface area contributed by atoms with Gasteiger partial charge in [0.15, 0.2) is 5.17 Å². The minimum absolute atomic E-state index is 0.150. The summed E-state index contributed by atoms with van der Waals surface area (Å²) in [5.74, 6) is -0.107. The first-order valence-corrected chi connectivity index (χ1v) is 12.3. The van der Waals surface area contributed by atoms with Gasteiger partial charge in [0, 0.05) is 29.3 Å². The van der Waals surface area contributed by atoms with Crippen molar-refractivity contribution in [3.8, 4) is 22.7 Å². The number of phenols is 1. The molecule has 2 aliphatic rings. The second kappa shape index (κ2) is 9.09. The fourth-order valence-electron chi connectivity index (χ4n) is 4.38. The van der Waals surface area contributed by atoms with Gasteiger partial charge in [-0.3, -0.25) is 4.79 Å². The summed E-state index contributed by atoms with van der Waals surface area (Å²) in [6, 6.07) is 22.6. The Morgan fingerprint density at radius 3 is 2.50 bits per heavy atom. The van der Waals surface area contributed by atoms with Gasteiger partial charge in [-0.05, 0) is 48.5 Å². The average Bonchev–Trinajstić information content (AvgIpc) is 3.63. The van der Waals surface area contributed by atoms with Gasteiger partial charge in [0.1, 0.15) is 11.6 Å². The van der Waals surface area contributed by atoms with Gasteiger partial charge in [-0.25, -0.2) is 14.1 Å². The third-order valence-corrected chi connectivity index (χ3v) is 7.00. The maximum Gasteiger partial charge on any atom is 0.258 e. The quantitative estimate of drug-likeness (QED) is 0.421. The molecule has 1 atom stereocenters. The number of aromatic hydroxyl groups is 1. The summed E-state index contributed by atoms with van der Waals surface area (Å²) in [5, 5.41) is 22.0. The molecule has 0 spiro atoms. The first kappa shape index (κ1) is 22.2. The number of hydrogen-bond donors (Lipinski definition) is 1. The zero-order valence-corrected chi connectivity index (χ0v) is 19.8. The summed E-state index contributed by atoms with van der Waals surface area (Å²) in [6.45, 7) is 0. The number of hydrazone groups is 1. The number of para-hydroxylation sites is 1. The van der Waals surface area contributed by atoms with Crippen LogP contribution in [-0.4, -0.2) is 42.4 Å². The number of aliphatic imine (C=N–C) groups is 1. The minimum atomic E-state index is -0.324. The van der Waals surface area contributed by atoms with E-state index in [1.54, 1.807) is 40.0 Å². The van der Waals surface area contributed by atoms with E-state index in [1.165, 1.54) is 23.9 Å². The molecule has 4 aromatic rings. The maximum absolute atomic E-state index is 13.7. The second-order valence-electron chi connectivity index (χ2n) is 8.46. The van der Waals surface area contributed by atoms with Crippen LogP contribution in [0, 0.1) is 5.82 Å². The van der Waals surface area contributed by atoms with Gasteiger partial charge >= 0.3 is 0 Å². The standard InChI is InChI=1S/C27H20FN5O2S/c28-19-11-9-17(10-12-19)26-22(15-32(31-26)20-6-2-1-3-7-20)24-14-23(18-5-4-8-21(34)13-18)30-33(24)27-29-25(35)16-36-27/h1-13,15,24,34H,14,16H2. The number of aromatic nitrogens is 2. The van der Waals surface area contributed by atoms with Crippen LogP contribution in [0.1, 0.15) is 23.6 Å². The third kappa shape index (κ3) is 4.18. The molecule has 9 heteroatoms. The van der Waals surface area contributed by atoms with Crippen LogP contribution in [0.5, 0.6) is 5.75 Å². The Hall–Kier alpha value is -4.24. The number of halogens is 1. The molecule has 2 aliphatic heterocycles. The number of phenolic OH excluding ortho intramolecular Hbond substituents is 1. The SMILES string of the molecule is O=C1CSC(N2N=C(c3cccc(O)c3)CC2c2cn(-c3ccccc3)nc2-c2ccc(F)cc2)=N1. The van der Waals surface area contributed by atoms with E-state index in [-0.39, 0.29) is 29.3 Å². The van der Waals surface area contributed by atoms with Gasteiger partial charge in [-0.15, -0.1) is 0 Å². The lowest BCUT2D eigenvalue weighted by atomic mass is 9.96. The molecule has 6 rings (SSSR count). The molecular formula is C27H20FN5O2S. The third-order valence-electron chi connectivity index (χ3n) is 6.07. The van der Waals surface area contributed by atoms with E-state index in [0.717, 1.165) is 28.1 Å². The van der Waals surface area contributed by atoms with Gasteiger partial charge in [0.25, 0.3) is 5.91 Å². The topological polar surface area (TPSA) is 83.1 Å². The Bertz CT molecular complexity index is 1510. The average molecular weight is 498 g/mol. The highest BCUT2D eigenvalue weighted by Crippen LogP contribution is 2.40. The van der Waals surface area contributed by atoms with Crippen LogP contribution < -0.4 is 0 Å². The van der Waals surface area contributed by atoms with Crippen molar-refractivity contribution in [1.82, 2.24) is 14.8 Å². The first-order valence-electron chi connectivity index (χ1n) is 11.4. The number of thioether (sulfide) groups is 1. The Balaban J connectivity index is 1.49. The highest BCUT2D eigenvalue weighted by atomic mass is 32.2. The van der Waals surface area contributed by atoms with Crippen LogP contribution in [0.3, 0.4) is 0 Å². The number of carbonyl (C=O) groups is 1. The van der Waals surface area contributed by atoms with Crippen LogP contribution in [0.15, 0.2) is 95.2 Å². The molecule has 36 heavy (non-hydrogen) atoms. The minimum Gasteiger partial charge on any atom is -0.508 e. The van der Waals surface area contributed by atoms with Crippen molar-refractivity contribution in [2.45, 2.75) is 12.5 Å². The molecule has 3 heterocycles. The van der Waals surface area contributed by atoms with Crippen molar-refractivity contribution < 1.29 is 14.3 Å². The monoisotopic (exact) mass is 497 g/mol. The van der Waals surface area contributed by atoms with E-state index in [4.69, 9.17) is 10.2 Å². The number of hydrogen-bond acceptors (Lipinski definition) is 6. The van der Waals surface area contributed by atoms with Crippen LogP contribution in [0.2, 0.25) is 0 Å².